The molecule has 0 saturated carbocycles. The fourth-order valence-electron chi connectivity index (χ4n) is 1.24. The first kappa shape index (κ1) is 10.5. The Labute approximate surface area is 87.2 Å². The fourth-order valence-corrected chi connectivity index (χ4v) is 1.95. The van der Waals surface area contributed by atoms with E-state index in [1.165, 1.54) is 0 Å². The fraction of sp³-hybridized carbons (Fsp3) is 0.400. The summed E-state index contributed by atoms with van der Waals surface area (Å²) in [7, 11) is 0. The van der Waals surface area contributed by atoms with Crippen molar-refractivity contribution in [3.63, 3.8) is 0 Å². The number of hydrogen-bond acceptors (Lipinski definition) is 2. The highest BCUT2D eigenvalue weighted by Gasteiger charge is 2.10. The molecule has 0 amide bonds. The third-order valence-electron chi connectivity index (χ3n) is 1.77. The van der Waals surface area contributed by atoms with E-state index < -0.39 is 0 Å². The van der Waals surface area contributed by atoms with Crippen molar-refractivity contribution >= 4 is 15.9 Å². The van der Waals surface area contributed by atoms with E-state index in [2.05, 4.69) is 15.9 Å². The molecular formula is C10H14BrNO. The molecule has 0 unspecified atom stereocenters. The van der Waals surface area contributed by atoms with Crippen molar-refractivity contribution in [1.82, 2.24) is 0 Å². The standard InChI is InChI=1S/C10H14BrNO/c1-3-13-9-6-4-5-8(11)10(9)7(2)12/h4-7H,3,12H2,1-2H3/t7-/m1/s1. The molecule has 0 saturated heterocycles. The van der Waals surface area contributed by atoms with Crippen molar-refractivity contribution in [1.29, 1.82) is 0 Å². The van der Waals surface area contributed by atoms with Crippen molar-refractivity contribution in [3.05, 3.63) is 28.2 Å². The van der Waals surface area contributed by atoms with Crippen molar-refractivity contribution < 1.29 is 4.74 Å². The third kappa shape index (κ3) is 2.45. The average molecular weight is 244 g/mol. The zero-order valence-electron chi connectivity index (χ0n) is 7.88. The first-order valence-electron chi connectivity index (χ1n) is 4.33. The maximum Gasteiger partial charge on any atom is 0.125 e. The molecule has 1 atom stereocenters. The normalized spacial score (nSPS) is 12.6. The molecule has 0 aliphatic rings. The van der Waals surface area contributed by atoms with Gasteiger partial charge in [-0.25, -0.2) is 0 Å². The zero-order chi connectivity index (χ0) is 9.84. The Morgan fingerprint density at radius 3 is 2.77 bits per heavy atom. The molecule has 2 N–H and O–H groups in total. The van der Waals surface area contributed by atoms with Crippen LogP contribution in [0, 0.1) is 0 Å². The molecule has 13 heavy (non-hydrogen) atoms. The van der Waals surface area contributed by atoms with Gasteiger partial charge in [0.2, 0.25) is 0 Å². The Balaban J connectivity index is 3.10. The Morgan fingerprint density at radius 2 is 2.23 bits per heavy atom. The smallest absolute Gasteiger partial charge is 0.125 e. The molecule has 1 rings (SSSR count). The van der Waals surface area contributed by atoms with Gasteiger partial charge >= 0.3 is 0 Å². The summed E-state index contributed by atoms with van der Waals surface area (Å²) in [5.41, 5.74) is 6.87. The SMILES string of the molecule is CCOc1cccc(Br)c1[C@@H](C)N. The second kappa shape index (κ2) is 4.63. The molecule has 0 aliphatic heterocycles. The number of benzene rings is 1. The number of rotatable bonds is 3. The van der Waals surface area contributed by atoms with E-state index in [0.29, 0.717) is 6.61 Å². The summed E-state index contributed by atoms with van der Waals surface area (Å²) < 4.78 is 6.48. The topological polar surface area (TPSA) is 35.2 Å². The number of ether oxygens (including phenoxy) is 1. The Bertz CT molecular complexity index is 286. The maximum atomic E-state index is 5.84. The minimum absolute atomic E-state index is 0.0166. The van der Waals surface area contributed by atoms with E-state index in [4.69, 9.17) is 10.5 Å². The number of hydrogen-bond donors (Lipinski definition) is 1. The van der Waals surface area contributed by atoms with E-state index in [0.717, 1.165) is 15.8 Å². The van der Waals surface area contributed by atoms with E-state index >= 15 is 0 Å². The molecule has 3 heteroatoms. The molecule has 0 aliphatic carbocycles. The lowest BCUT2D eigenvalue weighted by Gasteiger charge is -2.14. The van der Waals surface area contributed by atoms with E-state index in [-0.39, 0.29) is 6.04 Å². The molecule has 0 aromatic heterocycles. The molecule has 0 heterocycles. The summed E-state index contributed by atoms with van der Waals surface area (Å²) >= 11 is 3.46. The van der Waals surface area contributed by atoms with Gasteiger partial charge in [0, 0.05) is 16.1 Å². The summed E-state index contributed by atoms with van der Waals surface area (Å²) in [5, 5.41) is 0. The summed E-state index contributed by atoms with van der Waals surface area (Å²) in [5.74, 6) is 0.867. The van der Waals surface area contributed by atoms with Gasteiger partial charge in [0.15, 0.2) is 0 Å². The van der Waals surface area contributed by atoms with Crippen LogP contribution in [0.1, 0.15) is 25.5 Å². The van der Waals surface area contributed by atoms with Gasteiger partial charge in [-0.2, -0.15) is 0 Å². The van der Waals surface area contributed by atoms with Gasteiger partial charge in [-0.15, -0.1) is 0 Å². The molecule has 0 bridgehead atoms. The van der Waals surface area contributed by atoms with Crippen molar-refractivity contribution in [2.24, 2.45) is 5.73 Å². The zero-order valence-corrected chi connectivity index (χ0v) is 9.47. The molecule has 0 fully saturated rings. The van der Waals surface area contributed by atoms with Crippen LogP contribution in [0.5, 0.6) is 5.75 Å². The molecule has 0 radical (unpaired) electrons. The predicted molar refractivity (Wildman–Crippen MR) is 57.9 cm³/mol. The van der Waals surface area contributed by atoms with Crippen molar-refractivity contribution in [2.45, 2.75) is 19.9 Å². The van der Waals surface area contributed by atoms with Crippen LogP contribution in [-0.4, -0.2) is 6.61 Å². The number of halogens is 1. The van der Waals surface area contributed by atoms with Crippen molar-refractivity contribution in [2.75, 3.05) is 6.61 Å². The van der Waals surface area contributed by atoms with Crippen LogP contribution in [0.4, 0.5) is 0 Å². The average Bonchev–Trinajstić information content (AvgIpc) is 2.04. The lowest BCUT2D eigenvalue weighted by molar-refractivity contribution is 0.334. The van der Waals surface area contributed by atoms with Gasteiger partial charge in [0.05, 0.1) is 6.61 Å². The summed E-state index contributed by atoms with van der Waals surface area (Å²) in [6, 6.07) is 5.84. The van der Waals surface area contributed by atoms with Gasteiger partial charge < -0.3 is 10.5 Å². The highest BCUT2D eigenvalue weighted by atomic mass is 79.9. The van der Waals surface area contributed by atoms with Crippen LogP contribution < -0.4 is 10.5 Å². The quantitative estimate of drug-likeness (QED) is 0.887. The first-order chi connectivity index (χ1) is 6.16. The van der Waals surface area contributed by atoms with Gasteiger partial charge in [0.25, 0.3) is 0 Å². The molecule has 0 spiro atoms. The highest BCUT2D eigenvalue weighted by molar-refractivity contribution is 9.10. The molecule has 72 valence electrons. The minimum Gasteiger partial charge on any atom is -0.493 e. The monoisotopic (exact) mass is 243 g/mol. The van der Waals surface area contributed by atoms with Crippen LogP contribution in [0.2, 0.25) is 0 Å². The highest BCUT2D eigenvalue weighted by Crippen LogP contribution is 2.31. The van der Waals surface area contributed by atoms with E-state index in [9.17, 15) is 0 Å². The second-order valence-electron chi connectivity index (χ2n) is 2.87. The molecular weight excluding hydrogens is 230 g/mol. The van der Waals surface area contributed by atoms with Crippen LogP contribution in [0.3, 0.4) is 0 Å². The van der Waals surface area contributed by atoms with Crippen LogP contribution in [0.25, 0.3) is 0 Å². The van der Waals surface area contributed by atoms with Crippen LogP contribution >= 0.6 is 15.9 Å². The summed E-state index contributed by atoms with van der Waals surface area (Å²) in [6.07, 6.45) is 0. The first-order valence-corrected chi connectivity index (χ1v) is 5.13. The largest absolute Gasteiger partial charge is 0.493 e. The van der Waals surface area contributed by atoms with Crippen LogP contribution in [0.15, 0.2) is 22.7 Å². The second-order valence-corrected chi connectivity index (χ2v) is 3.73. The summed E-state index contributed by atoms with van der Waals surface area (Å²) in [6.45, 7) is 4.57. The molecule has 1 aromatic rings. The number of nitrogens with two attached hydrogens (primary N) is 1. The third-order valence-corrected chi connectivity index (χ3v) is 2.46. The predicted octanol–water partition coefficient (Wildman–Crippen LogP) is 2.87. The van der Waals surface area contributed by atoms with Gasteiger partial charge in [-0.3, -0.25) is 0 Å². The van der Waals surface area contributed by atoms with Gasteiger partial charge in [-0.1, -0.05) is 22.0 Å². The van der Waals surface area contributed by atoms with Crippen LogP contribution in [-0.2, 0) is 0 Å². The van der Waals surface area contributed by atoms with E-state index in [1.54, 1.807) is 0 Å². The lowest BCUT2D eigenvalue weighted by atomic mass is 10.1. The van der Waals surface area contributed by atoms with Gasteiger partial charge in [0.1, 0.15) is 5.75 Å². The Kier molecular flexibility index (Phi) is 3.75. The molecule has 2 nitrogen and oxygen atoms in total. The maximum absolute atomic E-state index is 5.84. The van der Waals surface area contributed by atoms with Gasteiger partial charge in [-0.05, 0) is 26.0 Å². The summed E-state index contributed by atoms with van der Waals surface area (Å²) in [4.78, 5) is 0. The Morgan fingerprint density at radius 1 is 1.54 bits per heavy atom. The minimum atomic E-state index is -0.0166. The van der Waals surface area contributed by atoms with Crippen molar-refractivity contribution in [3.8, 4) is 5.75 Å². The lowest BCUT2D eigenvalue weighted by Crippen LogP contribution is -2.08. The Hall–Kier alpha value is -0.540. The van der Waals surface area contributed by atoms with E-state index in [1.807, 2.05) is 32.0 Å². The molecule has 1 aromatic carbocycles.